The van der Waals surface area contributed by atoms with E-state index in [0.29, 0.717) is 5.69 Å². The second kappa shape index (κ2) is 6.85. The number of nitrogens with one attached hydrogen (secondary N) is 1. The lowest BCUT2D eigenvalue weighted by molar-refractivity contribution is 0.0961. The summed E-state index contributed by atoms with van der Waals surface area (Å²) in [5.74, 6) is 0. The van der Waals surface area contributed by atoms with Crippen LogP contribution in [0, 0.1) is 13.8 Å². The predicted octanol–water partition coefficient (Wildman–Crippen LogP) is 0.173. The summed E-state index contributed by atoms with van der Waals surface area (Å²) in [6.45, 7) is 4.13. The highest BCUT2D eigenvalue weighted by molar-refractivity contribution is 7.89. The summed E-state index contributed by atoms with van der Waals surface area (Å²) in [7, 11) is -3.58. The molecule has 0 amide bonds. The second-order valence-electron chi connectivity index (χ2n) is 4.19. The van der Waals surface area contributed by atoms with Crippen LogP contribution in [0.3, 0.4) is 0 Å². The largest absolute Gasteiger partial charge is 0.398 e. The molecule has 0 fully saturated rings. The van der Waals surface area contributed by atoms with E-state index >= 15 is 0 Å². The zero-order valence-corrected chi connectivity index (χ0v) is 12.0. The normalized spacial score (nSPS) is 11.7. The van der Waals surface area contributed by atoms with Gasteiger partial charge in [0, 0.05) is 12.2 Å². The van der Waals surface area contributed by atoms with Crippen LogP contribution in [0.4, 0.5) is 5.69 Å². The van der Waals surface area contributed by atoms with Crippen molar-refractivity contribution in [3.8, 4) is 0 Å². The minimum absolute atomic E-state index is 0.0829. The predicted molar refractivity (Wildman–Crippen MR) is 73.4 cm³/mol. The molecule has 0 aliphatic heterocycles. The molecule has 7 heteroatoms. The Hall–Kier alpha value is -1.15. The molecule has 0 saturated heterocycles. The van der Waals surface area contributed by atoms with E-state index in [-0.39, 0.29) is 31.3 Å². The standard InChI is InChI=1S/C12H20N2O4S/c1-9-7-11(8-12(13)10(9)2)19(16,17)14-3-5-18-6-4-15/h7-8,14-15H,3-6,13H2,1-2H3. The Kier molecular flexibility index (Phi) is 5.74. The molecule has 0 saturated carbocycles. The monoisotopic (exact) mass is 288 g/mol. The molecule has 19 heavy (non-hydrogen) atoms. The van der Waals surface area contributed by atoms with Crippen LogP contribution in [0.15, 0.2) is 17.0 Å². The third kappa shape index (κ3) is 4.46. The molecule has 0 bridgehead atoms. The molecule has 0 aromatic heterocycles. The van der Waals surface area contributed by atoms with Gasteiger partial charge >= 0.3 is 0 Å². The van der Waals surface area contributed by atoms with E-state index < -0.39 is 10.0 Å². The fraction of sp³-hybridized carbons (Fsp3) is 0.500. The van der Waals surface area contributed by atoms with Crippen molar-refractivity contribution in [1.29, 1.82) is 0 Å². The quantitative estimate of drug-likeness (QED) is 0.490. The Morgan fingerprint density at radius 1 is 1.32 bits per heavy atom. The summed E-state index contributed by atoms with van der Waals surface area (Å²) in [5.41, 5.74) is 7.93. The number of hydrogen-bond donors (Lipinski definition) is 3. The van der Waals surface area contributed by atoms with Crippen molar-refractivity contribution in [2.75, 3.05) is 32.1 Å². The topological polar surface area (TPSA) is 102 Å². The van der Waals surface area contributed by atoms with Crippen LogP contribution in [-0.2, 0) is 14.8 Å². The summed E-state index contributed by atoms with van der Waals surface area (Å²) in [4.78, 5) is 0.148. The number of benzene rings is 1. The first-order valence-electron chi connectivity index (χ1n) is 5.93. The molecular formula is C12H20N2O4S. The smallest absolute Gasteiger partial charge is 0.240 e. The summed E-state index contributed by atoms with van der Waals surface area (Å²) < 4.78 is 31.4. The summed E-state index contributed by atoms with van der Waals surface area (Å²) >= 11 is 0. The zero-order valence-electron chi connectivity index (χ0n) is 11.1. The SMILES string of the molecule is Cc1cc(S(=O)(=O)NCCOCCO)cc(N)c1C. The van der Waals surface area contributed by atoms with Crippen molar-refractivity contribution in [2.24, 2.45) is 0 Å². The van der Waals surface area contributed by atoms with Gasteiger partial charge in [-0.3, -0.25) is 0 Å². The van der Waals surface area contributed by atoms with E-state index in [1.807, 2.05) is 13.8 Å². The maximum Gasteiger partial charge on any atom is 0.240 e. The Bertz CT molecular complexity index is 506. The molecule has 0 spiro atoms. The number of ether oxygens (including phenoxy) is 1. The van der Waals surface area contributed by atoms with Crippen LogP contribution in [0.1, 0.15) is 11.1 Å². The first kappa shape index (κ1) is 15.9. The van der Waals surface area contributed by atoms with Gasteiger partial charge in [0.15, 0.2) is 0 Å². The minimum Gasteiger partial charge on any atom is -0.398 e. The van der Waals surface area contributed by atoms with Gasteiger partial charge in [-0.05, 0) is 37.1 Å². The van der Waals surface area contributed by atoms with Gasteiger partial charge in [-0.2, -0.15) is 0 Å². The minimum atomic E-state index is -3.58. The number of hydrogen-bond acceptors (Lipinski definition) is 5. The highest BCUT2D eigenvalue weighted by Gasteiger charge is 2.15. The Morgan fingerprint density at radius 3 is 2.58 bits per heavy atom. The number of rotatable bonds is 7. The van der Waals surface area contributed by atoms with Gasteiger partial charge < -0.3 is 15.6 Å². The lowest BCUT2D eigenvalue weighted by Gasteiger charge is -2.11. The van der Waals surface area contributed by atoms with E-state index in [1.165, 1.54) is 6.07 Å². The molecule has 0 unspecified atom stereocenters. The van der Waals surface area contributed by atoms with E-state index in [0.717, 1.165) is 11.1 Å². The fourth-order valence-corrected chi connectivity index (χ4v) is 2.64. The number of aryl methyl sites for hydroxylation is 1. The number of nitrogen functional groups attached to an aromatic ring is 1. The molecule has 108 valence electrons. The molecule has 0 radical (unpaired) electrons. The Morgan fingerprint density at radius 2 is 2.00 bits per heavy atom. The third-order valence-electron chi connectivity index (χ3n) is 2.77. The van der Waals surface area contributed by atoms with Gasteiger partial charge in [0.25, 0.3) is 0 Å². The van der Waals surface area contributed by atoms with Crippen LogP contribution in [0.2, 0.25) is 0 Å². The van der Waals surface area contributed by atoms with E-state index in [2.05, 4.69) is 4.72 Å². The Balaban J connectivity index is 2.72. The van der Waals surface area contributed by atoms with Gasteiger partial charge in [0.1, 0.15) is 0 Å². The van der Waals surface area contributed by atoms with Gasteiger partial charge in [-0.1, -0.05) is 0 Å². The van der Waals surface area contributed by atoms with Gasteiger partial charge in [0.2, 0.25) is 10.0 Å². The highest BCUT2D eigenvalue weighted by Crippen LogP contribution is 2.21. The van der Waals surface area contributed by atoms with Gasteiger partial charge in [-0.15, -0.1) is 0 Å². The van der Waals surface area contributed by atoms with Crippen LogP contribution in [-0.4, -0.2) is 39.9 Å². The number of sulfonamides is 1. The van der Waals surface area contributed by atoms with Crippen molar-refractivity contribution >= 4 is 15.7 Å². The van der Waals surface area contributed by atoms with Crippen LogP contribution < -0.4 is 10.5 Å². The van der Waals surface area contributed by atoms with Crippen molar-refractivity contribution in [3.05, 3.63) is 23.3 Å². The molecule has 0 atom stereocenters. The lowest BCUT2D eigenvalue weighted by Crippen LogP contribution is -2.28. The van der Waals surface area contributed by atoms with Crippen LogP contribution in [0.5, 0.6) is 0 Å². The first-order chi connectivity index (χ1) is 8.88. The second-order valence-corrected chi connectivity index (χ2v) is 5.96. The molecule has 6 nitrogen and oxygen atoms in total. The molecule has 4 N–H and O–H groups in total. The molecule has 0 aliphatic rings. The highest BCUT2D eigenvalue weighted by atomic mass is 32.2. The van der Waals surface area contributed by atoms with Crippen molar-refractivity contribution in [1.82, 2.24) is 4.72 Å². The van der Waals surface area contributed by atoms with Crippen molar-refractivity contribution < 1.29 is 18.3 Å². The van der Waals surface area contributed by atoms with Crippen molar-refractivity contribution in [3.63, 3.8) is 0 Å². The lowest BCUT2D eigenvalue weighted by atomic mass is 10.1. The average molecular weight is 288 g/mol. The zero-order chi connectivity index (χ0) is 14.5. The van der Waals surface area contributed by atoms with Crippen LogP contribution in [0.25, 0.3) is 0 Å². The summed E-state index contributed by atoms with van der Waals surface area (Å²) in [6.07, 6.45) is 0. The molecule has 1 rings (SSSR count). The van der Waals surface area contributed by atoms with Crippen LogP contribution >= 0.6 is 0 Å². The molecule has 0 aliphatic carbocycles. The van der Waals surface area contributed by atoms with Gasteiger partial charge in [-0.25, -0.2) is 13.1 Å². The average Bonchev–Trinajstić information content (AvgIpc) is 2.35. The van der Waals surface area contributed by atoms with Crippen molar-refractivity contribution in [2.45, 2.75) is 18.7 Å². The summed E-state index contributed by atoms with van der Waals surface area (Å²) in [6, 6.07) is 3.03. The maximum atomic E-state index is 12.0. The molecule has 1 aromatic rings. The molecule has 0 heterocycles. The number of aliphatic hydroxyl groups is 1. The van der Waals surface area contributed by atoms with E-state index in [9.17, 15) is 8.42 Å². The van der Waals surface area contributed by atoms with E-state index in [4.69, 9.17) is 15.6 Å². The third-order valence-corrected chi connectivity index (χ3v) is 4.21. The van der Waals surface area contributed by atoms with E-state index in [1.54, 1.807) is 6.07 Å². The summed E-state index contributed by atoms with van der Waals surface area (Å²) in [5, 5.41) is 8.51. The fourth-order valence-electron chi connectivity index (χ4n) is 1.51. The number of aliphatic hydroxyl groups excluding tert-OH is 1. The first-order valence-corrected chi connectivity index (χ1v) is 7.42. The maximum absolute atomic E-state index is 12.0. The molecular weight excluding hydrogens is 268 g/mol. The van der Waals surface area contributed by atoms with Gasteiger partial charge in [0.05, 0.1) is 24.7 Å². The number of nitrogens with two attached hydrogens (primary N) is 1. The molecule has 1 aromatic carbocycles. The Labute approximate surface area is 113 Å². The number of anilines is 1.